The summed E-state index contributed by atoms with van der Waals surface area (Å²) >= 11 is 6.17. The summed E-state index contributed by atoms with van der Waals surface area (Å²) in [7, 11) is 0. The van der Waals surface area contributed by atoms with Crippen LogP contribution in [0.25, 0.3) is 0 Å². The van der Waals surface area contributed by atoms with Crippen LogP contribution in [0.5, 0.6) is 0 Å². The minimum atomic E-state index is -0.547. The Balaban J connectivity index is 2.11. The van der Waals surface area contributed by atoms with E-state index in [1.54, 1.807) is 4.90 Å². The van der Waals surface area contributed by atoms with Gasteiger partial charge in [0.2, 0.25) is 5.91 Å². The Labute approximate surface area is 117 Å². The molecule has 0 spiro atoms. The first-order valence-electron chi connectivity index (χ1n) is 6.35. The summed E-state index contributed by atoms with van der Waals surface area (Å²) < 4.78 is 0. The highest BCUT2D eigenvalue weighted by Gasteiger charge is 2.33. The number of carbonyl (C=O) groups is 1. The van der Waals surface area contributed by atoms with Gasteiger partial charge in [-0.15, -0.1) is 0 Å². The number of aliphatic hydroxyl groups is 2. The summed E-state index contributed by atoms with van der Waals surface area (Å²) in [5.41, 5.74) is 1.72. The Bertz CT molecular complexity index is 478. The largest absolute Gasteiger partial charge is 0.394 e. The summed E-state index contributed by atoms with van der Waals surface area (Å²) in [5.74, 6) is -0.108. The van der Waals surface area contributed by atoms with Crippen molar-refractivity contribution >= 4 is 17.5 Å². The van der Waals surface area contributed by atoms with Crippen molar-refractivity contribution in [2.24, 2.45) is 0 Å². The van der Waals surface area contributed by atoms with Gasteiger partial charge in [-0.3, -0.25) is 4.79 Å². The predicted octanol–water partition coefficient (Wildman–Crippen LogP) is 1.15. The first-order valence-corrected chi connectivity index (χ1v) is 6.73. The third kappa shape index (κ3) is 3.08. The Morgan fingerprint density at radius 2 is 2.26 bits per heavy atom. The zero-order valence-corrected chi connectivity index (χ0v) is 11.6. The second-order valence-electron chi connectivity index (χ2n) is 5.00. The van der Waals surface area contributed by atoms with Crippen LogP contribution in [0.2, 0.25) is 5.02 Å². The zero-order chi connectivity index (χ0) is 14.0. The lowest BCUT2D eigenvalue weighted by Gasteiger charge is -2.23. The smallest absolute Gasteiger partial charge is 0.227 e. The first-order chi connectivity index (χ1) is 9.02. The first kappa shape index (κ1) is 14.3. The van der Waals surface area contributed by atoms with E-state index in [-0.39, 0.29) is 31.5 Å². The predicted molar refractivity (Wildman–Crippen MR) is 73.1 cm³/mol. The number of aryl methyl sites for hydroxylation is 1. The Hall–Kier alpha value is -1.10. The molecule has 5 heteroatoms. The second kappa shape index (κ2) is 5.90. The number of hydrogen-bond donors (Lipinski definition) is 2. The monoisotopic (exact) mass is 283 g/mol. The van der Waals surface area contributed by atoms with Gasteiger partial charge in [-0.2, -0.15) is 0 Å². The standard InChI is InChI=1S/C14H18ClNO3/c1-9-3-2-4-10(14(9)15)5-13(19)16-7-12(18)6-11(16)8-17/h2-4,11-12,17-18H,5-8H2,1H3/t11-,12+/m0/s1. The Morgan fingerprint density at radius 1 is 1.53 bits per heavy atom. The molecule has 1 aromatic rings. The second-order valence-corrected chi connectivity index (χ2v) is 5.37. The summed E-state index contributed by atoms with van der Waals surface area (Å²) in [6.07, 6.45) is 0.0853. The van der Waals surface area contributed by atoms with Crippen LogP contribution in [-0.4, -0.2) is 46.3 Å². The van der Waals surface area contributed by atoms with E-state index in [0.717, 1.165) is 11.1 Å². The van der Waals surface area contributed by atoms with Gasteiger partial charge in [0, 0.05) is 11.6 Å². The fraction of sp³-hybridized carbons (Fsp3) is 0.500. The molecule has 0 saturated carbocycles. The maximum absolute atomic E-state index is 12.2. The van der Waals surface area contributed by atoms with Crippen LogP contribution in [-0.2, 0) is 11.2 Å². The summed E-state index contributed by atoms with van der Waals surface area (Å²) in [5, 5.41) is 19.4. The van der Waals surface area contributed by atoms with Gasteiger partial charge in [-0.05, 0) is 24.5 Å². The van der Waals surface area contributed by atoms with Gasteiger partial charge in [0.1, 0.15) is 0 Å². The molecule has 104 valence electrons. The van der Waals surface area contributed by atoms with E-state index >= 15 is 0 Å². The molecule has 0 unspecified atom stereocenters. The molecule has 1 fully saturated rings. The third-order valence-electron chi connectivity index (χ3n) is 3.54. The number of halogens is 1. The molecule has 0 radical (unpaired) electrons. The molecule has 0 aromatic heterocycles. The Morgan fingerprint density at radius 3 is 2.95 bits per heavy atom. The number of β-amino-alcohol motifs (C(OH)–C–C–N with tert-alkyl or cyclic N) is 1. The molecule has 0 aliphatic carbocycles. The third-order valence-corrected chi connectivity index (χ3v) is 4.08. The molecule has 1 heterocycles. The average molecular weight is 284 g/mol. The molecule has 1 aromatic carbocycles. The highest BCUT2D eigenvalue weighted by molar-refractivity contribution is 6.32. The summed E-state index contributed by atoms with van der Waals surface area (Å²) in [6, 6.07) is 5.30. The molecular formula is C14H18ClNO3. The number of amides is 1. The molecule has 19 heavy (non-hydrogen) atoms. The van der Waals surface area contributed by atoms with E-state index in [4.69, 9.17) is 11.6 Å². The van der Waals surface area contributed by atoms with E-state index in [2.05, 4.69) is 0 Å². The highest BCUT2D eigenvalue weighted by atomic mass is 35.5. The van der Waals surface area contributed by atoms with Crippen LogP contribution < -0.4 is 0 Å². The van der Waals surface area contributed by atoms with Crippen molar-refractivity contribution in [2.45, 2.75) is 31.9 Å². The minimum Gasteiger partial charge on any atom is -0.394 e. The minimum absolute atomic E-state index is 0.108. The maximum atomic E-state index is 12.2. The van der Waals surface area contributed by atoms with Crippen molar-refractivity contribution in [1.29, 1.82) is 0 Å². The van der Waals surface area contributed by atoms with Crippen LogP contribution in [0.1, 0.15) is 17.5 Å². The molecule has 1 aliphatic rings. The van der Waals surface area contributed by atoms with Gasteiger partial charge in [0.25, 0.3) is 0 Å². The van der Waals surface area contributed by atoms with Crippen molar-refractivity contribution in [1.82, 2.24) is 4.90 Å². The van der Waals surface area contributed by atoms with Crippen LogP contribution in [0.15, 0.2) is 18.2 Å². The van der Waals surface area contributed by atoms with Crippen LogP contribution in [0.4, 0.5) is 0 Å². The Kier molecular flexibility index (Phi) is 4.45. The van der Waals surface area contributed by atoms with Gasteiger partial charge in [0.05, 0.1) is 25.2 Å². The number of likely N-dealkylation sites (tertiary alicyclic amines) is 1. The lowest BCUT2D eigenvalue weighted by molar-refractivity contribution is -0.132. The lowest BCUT2D eigenvalue weighted by atomic mass is 10.1. The molecule has 1 saturated heterocycles. The number of rotatable bonds is 3. The van der Waals surface area contributed by atoms with E-state index in [1.165, 1.54) is 0 Å². The van der Waals surface area contributed by atoms with Crippen LogP contribution in [0.3, 0.4) is 0 Å². The normalized spacial score (nSPS) is 22.8. The number of benzene rings is 1. The maximum Gasteiger partial charge on any atom is 0.227 e. The molecule has 1 amide bonds. The van der Waals surface area contributed by atoms with Gasteiger partial charge in [0.15, 0.2) is 0 Å². The lowest BCUT2D eigenvalue weighted by Crippen LogP contribution is -2.39. The quantitative estimate of drug-likeness (QED) is 0.875. The average Bonchev–Trinajstić information content (AvgIpc) is 2.76. The van der Waals surface area contributed by atoms with Gasteiger partial charge >= 0.3 is 0 Å². The number of nitrogens with zero attached hydrogens (tertiary/aromatic N) is 1. The van der Waals surface area contributed by atoms with E-state index in [0.29, 0.717) is 11.4 Å². The molecule has 2 rings (SSSR count). The SMILES string of the molecule is Cc1cccc(CC(=O)N2C[C@H](O)C[C@H]2CO)c1Cl. The van der Waals surface area contributed by atoms with E-state index in [9.17, 15) is 15.0 Å². The van der Waals surface area contributed by atoms with E-state index < -0.39 is 6.10 Å². The number of carbonyl (C=O) groups excluding carboxylic acids is 1. The molecule has 1 aliphatic heterocycles. The van der Waals surface area contributed by atoms with Crippen LogP contribution in [0, 0.1) is 6.92 Å². The molecule has 2 N–H and O–H groups in total. The summed E-state index contributed by atoms with van der Waals surface area (Å²) in [4.78, 5) is 13.8. The fourth-order valence-corrected chi connectivity index (χ4v) is 2.67. The van der Waals surface area contributed by atoms with Gasteiger partial charge in [-0.1, -0.05) is 29.8 Å². The number of hydrogen-bond acceptors (Lipinski definition) is 3. The molecule has 0 bridgehead atoms. The summed E-state index contributed by atoms with van der Waals surface area (Å²) in [6.45, 7) is 2.06. The fourth-order valence-electron chi connectivity index (χ4n) is 2.48. The molecule has 4 nitrogen and oxygen atoms in total. The van der Waals surface area contributed by atoms with Crippen molar-refractivity contribution in [3.05, 3.63) is 34.3 Å². The van der Waals surface area contributed by atoms with Gasteiger partial charge in [-0.25, -0.2) is 0 Å². The van der Waals surface area contributed by atoms with Crippen molar-refractivity contribution in [3.63, 3.8) is 0 Å². The van der Waals surface area contributed by atoms with Crippen LogP contribution >= 0.6 is 11.6 Å². The molecular weight excluding hydrogens is 266 g/mol. The van der Waals surface area contributed by atoms with Crippen molar-refractivity contribution in [3.8, 4) is 0 Å². The van der Waals surface area contributed by atoms with Crippen molar-refractivity contribution < 1.29 is 15.0 Å². The highest BCUT2D eigenvalue weighted by Crippen LogP contribution is 2.23. The van der Waals surface area contributed by atoms with Crippen molar-refractivity contribution in [2.75, 3.05) is 13.2 Å². The van der Waals surface area contributed by atoms with Gasteiger partial charge < -0.3 is 15.1 Å². The zero-order valence-electron chi connectivity index (χ0n) is 10.8. The topological polar surface area (TPSA) is 60.8 Å². The van der Waals surface area contributed by atoms with E-state index in [1.807, 2.05) is 25.1 Å². The molecule has 2 atom stereocenters. The number of aliphatic hydroxyl groups excluding tert-OH is 2.